The molecule has 2 aromatic carbocycles. The molecule has 1 fully saturated rings. The van der Waals surface area contributed by atoms with Gasteiger partial charge in [-0.3, -0.25) is 9.59 Å². The van der Waals surface area contributed by atoms with Gasteiger partial charge in [-0.15, -0.1) is 0 Å². The minimum Gasteiger partial charge on any atom is -0.370 e. The second-order valence-electron chi connectivity index (χ2n) is 7.10. The Kier molecular flexibility index (Phi) is 6.20. The smallest absolute Gasteiger partial charge is 0.323 e. The molecular weight excluding hydrogens is 420 g/mol. The van der Waals surface area contributed by atoms with E-state index in [4.69, 9.17) is 16.3 Å². The maximum absolute atomic E-state index is 12.8. The number of nitrogens with one attached hydrogen (secondary N) is 2. The molecule has 4 rings (SSSR count). The first-order valence-electron chi connectivity index (χ1n) is 9.80. The molecule has 0 bridgehead atoms. The van der Waals surface area contributed by atoms with Crippen molar-refractivity contribution < 1.29 is 19.1 Å². The Morgan fingerprint density at radius 1 is 1.00 bits per heavy atom. The molecule has 0 aromatic heterocycles. The summed E-state index contributed by atoms with van der Waals surface area (Å²) in [6.45, 7) is 1.39. The largest absolute Gasteiger partial charge is 0.370 e. The predicted octanol–water partition coefficient (Wildman–Crippen LogP) is 3.11. The number of rotatable bonds is 4. The van der Waals surface area contributed by atoms with Gasteiger partial charge in [-0.05, 0) is 48.5 Å². The van der Waals surface area contributed by atoms with E-state index in [0.29, 0.717) is 36.1 Å². The Labute approximate surface area is 184 Å². The molecule has 2 aliphatic heterocycles. The van der Waals surface area contributed by atoms with Crippen molar-refractivity contribution in [3.05, 3.63) is 65.7 Å². The molecule has 0 aliphatic carbocycles. The quantitative estimate of drug-likeness (QED) is 0.715. The Morgan fingerprint density at radius 3 is 2.39 bits per heavy atom. The van der Waals surface area contributed by atoms with E-state index in [1.165, 1.54) is 4.90 Å². The van der Waals surface area contributed by atoms with Crippen LogP contribution in [0.1, 0.15) is 0 Å². The van der Waals surface area contributed by atoms with Gasteiger partial charge in [-0.25, -0.2) is 4.79 Å². The lowest BCUT2D eigenvalue weighted by Crippen LogP contribution is -2.45. The van der Waals surface area contributed by atoms with Crippen LogP contribution in [0.3, 0.4) is 0 Å². The van der Waals surface area contributed by atoms with Gasteiger partial charge in [0.25, 0.3) is 11.8 Å². The second kappa shape index (κ2) is 9.20. The summed E-state index contributed by atoms with van der Waals surface area (Å²) in [6.07, 6.45) is 3.47. The lowest BCUT2D eigenvalue weighted by Gasteiger charge is -2.27. The van der Waals surface area contributed by atoms with E-state index < -0.39 is 6.04 Å². The van der Waals surface area contributed by atoms with Crippen molar-refractivity contribution in [2.45, 2.75) is 6.04 Å². The molecule has 31 heavy (non-hydrogen) atoms. The number of ether oxygens (including phenoxy) is 1. The summed E-state index contributed by atoms with van der Waals surface area (Å²) in [5.41, 5.74) is 1.91. The highest BCUT2D eigenvalue weighted by Crippen LogP contribution is 2.21. The van der Waals surface area contributed by atoms with Gasteiger partial charge in [0, 0.05) is 35.2 Å². The van der Waals surface area contributed by atoms with Gasteiger partial charge in [0.15, 0.2) is 0 Å². The molecule has 2 heterocycles. The van der Waals surface area contributed by atoms with E-state index in [1.807, 2.05) is 0 Å². The number of hydrogen-bond donors (Lipinski definition) is 2. The average Bonchev–Trinajstić information content (AvgIpc) is 3.27. The number of amides is 4. The zero-order valence-electron chi connectivity index (χ0n) is 16.6. The van der Waals surface area contributed by atoms with E-state index >= 15 is 0 Å². The van der Waals surface area contributed by atoms with Gasteiger partial charge in [0.2, 0.25) is 0 Å². The third-order valence-corrected chi connectivity index (χ3v) is 5.27. The first-order valence-corrected chi connectivity index (χ1v) is 10.2. The van der Waals surface area contributed by atoms with Gasteiger partial charge >= 0.3 is 6.03 Å². The number of urea groups is 1. The summed E-state index contributed by atoms with van der Waals surface area (Å²) in [6, 6.07) is 12.6. The Hall–Kier alpha value is -3.36. The van der Waals surface area contributed by atoms with Crippen molar-refractivity contribution in [3.63, 3.8) is 0 Å². The van der Waals surface area contributed by atoms with Crippen molar-refractivity contribution in [3.8, 4) is 0 Å². The summed E-state index contributed by atoms with van der Waals surface area (Å²) in [4.78, 5) is 40.5. The molecule has 0 radical (unpaired) electrons. The number of anilines is 3. The summed E-state index contributed by atoms with van der Waals surface area (Å²) >= 11 is 5.87. The van der Waals surface area contributed by atoms with E-state index in [9.17, 15) is 14.4 Å². The summed E-state index contributed by atoms with van der Waals surface area (Å²) in [5, 5.41) is 6.16. The minimum atomic E-state index is -0.729. The molecule has 1 atom stereocenters. The molecule has 2 aromatic rings. The highest BCUT2D eigenvalue weighted by molar-refractivity contribution is 6.30. The van der Waals surface area contributed by atoms with E-state index in [1.54, 1.807) is 65.6 Å². The molecule has 1 saturated heterocycles. The number of carbonyl (C=O) groups excluding carboxylic acids is 3. The summed E-state index contributed by atoms with van der Waals surface area (Å²) in [5.74, 6) is -0.420. The second-order valence-corrected chi connectivity index (χ2v) is 7.53. The molecule has 4 amide bonds. The molecule has 2 N–H and O–H groups in total. The number of benzene rings is 2. The number of halogens is 1. The number of hydrogen-bond acceptors (Lipinski definition) is 4. The van der Waals surface area contributed by atoms with Crippen LogP contribution in [0.15, 0.2) is 60.7 Å². The van der Waals surface area contributed by atoms with E-state index in [-0.39, 0.29) is 24.5 Å². The van der Waals surface area contributed by atoms with Crippen LogP contribution in [-0.2, 0) is 14.3 Å². The fourth-order valence-electron chi connectivity index (χ4n) is 3.42. The lowest BCUT2D eigenvalue weighted by atomic mass is 10.2. The zero-order valence-corrected chi connectivity index (χ0v) is 17.3. The van der Waals surface area contributed by atoms with Crippen LogP contribution in [0.4, 0.5) is 21.9 Å². The molecule has 2 aliphatic rings. The highest BCUT2D eigenvalue weighted by Gasteiger charge is 2.30. The van der Waals surface area contributed by atoms with Gasteiger partial charge in [0.05, 0.1) is 6.61 Å². The first kappa shape index (κ1) is 20.9. The Balaban J connectivity index is 1.38. The van der Waals surface area contributed by atoms with Crippen molar-refractivity contribution in [2.75, 3.05) is 41.8 Å². The van der Waals surface area contributed by atoms with Crippen LogP contribution < -0.4 is 15.5 Å². The fraction of sp³-hybridized carbons (Fsp3) is 0.227. The molecule has 160 valence electrons. The topological polar surface area (TPSA) is 91.0 Å². The summed E-state index contributed by atoms with van der Waals surface area (Å²) in [7, 11) is 0. The molecular formula is C22H21ClN4O4. The van der Waals surface area contributed by atoms with E-state index in [0.717, 1.165) is 5.69 Å². The van der Waals surface area contributed by atoms with Crippen molar-refractivity contribution >= 4 is 46.5 Å². The predicted molar refractivity (Wildman–Crippen MR) is 118 cm³/mol. The highest BCUT2D eigenvalue weighted by atomic mass is 35.5. The van der Waals surface area contributed by atoms with Gasteiger partial charge in [-0.1, -0.05) is 23.8 Å². The Morgan fingerprint density at radius 2 is 1.68 bits per heavy atom. The van der Waals surface area contributed by atoms with Crippen LogP contribution in [0, 0.1) is 0 Å². The molecule has 0 spiro atoms. The molecule has 9 heteroatoms. The van der Waals surface area contributed by atoms with Gasteiger partial charge in [0.1, 0.15) is 12.6 Å². The number of nitrogens with zero attached hydrogens (tertiary/aromatic N) is 2. The number of carbonyl (C=O) groups is 3. The SMILES string of the molecule is O=C(Nc1ccc(N2CCOCC2=O)cc1)[C@H]1C=CCN1C(=O)Nc1ccc(Cl)cc1. The lowest BCUT2D eigenvalue weighted by molar-refractivity contribution is -0.125. The van der Waals surface area contributed by atoms with E-state index in [2.05, 4.69) is 10.6 Å². The standard InChI is InChI=1S/C22H21ClN4O4/c23-15-3-5-17(6-4-15)25-22(30)27-11-1-2-19(27)21(29)24-16-7-9-18(10-8-16)26-12-13-31-14-20(26)28/h1-10,19H,11-14H2,(H,24,29)(H,25,30)/t19-/m1/s1. The van der Waals surface area contributed by atoms with Gasteiger partial charge < -0.3 is 25.2 Å². The monoisotopic (exact) mass is 440 g/mol. The van der Waals surface area contributed by atoms with Crippen LogP contribution in [0.25, 0.3) is 0 Å². The summed E-state index contributed by atoms with van der Waals surface area (Å²) < 4.78 is 5.14. The molecule has 0 unspecified atom stereocenters. The Bertz CT molecular complexity index is 1010. The average molecular weight is 441 g/mol. The van der Waals surface area contributed by atoms with Crippen LogP contribution >= 0.6 is 11.6 Å². The van der Waals surface area contributed by atoms with Gasteiger partial charge in [-0.2, -0.15) is 0 Å². The maximum Gasteiger partial charge on any atom is 0.323 e. The molecule has 0 saturated carbocycles. The van der Waals surface area contributed by atoms with Crippen LogP contribution in [0.2, 0.25) is 5.02 Å². The van der Waals surface area contributed by atoms with Crippen molar-refractivity contribution in [1.82, 2.24) is 4.90 Å². The third kappa shape index (κ3) is 4.87. The third-order valence-electron chi connectivity index (χ3n) is 5.01. The zero-order chi connectivity index (χ0) is 21.8. The molecule has 8 nitrogen and oxygen atoms in total. The van der Waals surface area contributed by atoms with Crippen molar-refractivity contribution in [2.24, 2.45) is 0 Å². The fourth-order valence-corrected chi connectivity index (χ4v) is 3.55. The normalized spacial score (nSPS) is 18.2. The van der Waals surface area contributed by atoms with Crippen molar-refractivity contribution in [1.29, 1.82) is 0 Å². The maximum atomic E-state index is 12.8. The van der Waals surface area contributed by atoms with Crippen LogP contribution in [-0.4, -0.2) is 55.1 Å². The first-order chi connectivity index (χ1) is 15.0. The van der Waals surface area contributed by atoms with Crippen LogP contribution in [0.5, 0.6) is 0 Å². The number of morpholine rings is 1. The minimum absolute atomic E-state index is 0.0699.